The van der Waals surface area contributed by atoms with Crippen molar-refractivity contribution < 1.29 is 28.5 Å². The number of nitrogens with one attached hydrogen (secondary N) is 1. The predicted octanol–water partition coefficient (Wildman–Crippen LogP) is 8.71. The van der Waals surface area contributed by atoms with Gasteiger partial charge < -0.3 is 24.3 Å². The third-order valence-corrected chi connectivity index (χ3v) is 8.16. The third kappa shape index (κ3) is 7.80. The molecule has 0 saturated heterocycles. The smallest absolute Gasteiger partial charge is 0.341 e. The number of anilines is 1. The van der Waals surface area contributed by atoms with Gasteiger partial charge in [-0.3, -0.25) is 0 Å². The summed E-state index contributed by atoms with van der Waals surface area (Å²) < 4.78 is 22.5. The predicted molar refractivity (Wildman–Crippen MR) is 169 cm³/mol. The van der Waals surface area contributed by atoms with Crippen LogP contribution in [0.25, 0.3) is 5.57 Å². The Balaban J connectivity index is 2.10. The van der Waals surface area contributed by atoms with E-state index >= 15 is 0 Å². The number of methoxy groups -OCH3 is 2. The zero-order chi connectivity index (χ0) is 30.6. The Hall–Kier alpha value is -3.19. The second-order valence-electron chi connectivity index (χ2n) is 10.7. The van der Waals surface area contributed by atoms with E-state index in [2.05, 4.69) is 25.2 Å². The lowest BCUT2D eigenvalue weighted by Crippen LogP contribution is -2.11. The Bertz CT molecular complexity index is 1290. The summed E-state index contributed by atoms with van der Waals surface area (Å²) in [7, 11) is 5.02. The molecule has 0 radical (unpaired) electrons. The van der Waals surface area contributed by atoms with Crippen LogP contribution in [0.15, 0.2) is 18.2 Å². The fourth-order valence-corrected chi connectivity index (χ4v) is 5.86. The summed E-state index contributed by atoms with van der Waals surface area (Å²) in [5.74, 6) is 0.513. The normalized spacial score (nSPS) is 12.6. The van der Waals surface area contributed by atoms with Crippen molar-refractivity contribution in [3.05, 3.63) is 56.6 Å². The van der Waals surface area contributed by atoms with Crippen molar-refractivity contribution in [2.24, 2.45) is 0 Å². The van der Waals surface area contributed by atoms with Gasteiger partial charge in [-0.15, -0.1) is 0 Å². The number of fused-ring (bicyclic) bond motifs is 1. The molecule has 230 valence electrons. The van der Waals surface area contributed by atoms with Crippen LogP contribution in [0.4, 0.5) is 5.69 Å². The Morgan fingerprint density at radius 2 is 1.76 bits per heavy atom. The number of unbranched alkanes of at least 4 members (excludes halogenated alkanes) is 6. The molecule has 0 amide bonds. The topological polar surface area (TPSA) is 83.1 Å². The monoisotopic (exact) mass is 599 g/mol. The average Bonchev–Trinajstić information content (AvgIpc) is 3.37. The van der Waals surface area contributed by atoms with Crippen LogP contribution in [-0.2, 0) is 22.5 Å². The highest BCUT2D eigenvalue weighted by Gasteiger charge is 2.31. The molecular formula is C34H46ClNO6. The van der Waals surface area contributed by atoms with E-state index in [1.54, 1.807) is 27.3 Å². The molecule has 1 heterocycles. The number of cyclic esters (lactones) is 1. The Morgan fingerprint density at radius 1 is 1.05 bits per heavy atom. The van der Waals surface area contributed by atoms with Crippen LogP contribution in [0.2, 0.25) is 5.02 Å². The number of carbonyl (C=O) groups excluding carboxylic acids is 2. The number of hydrogen-bond donors (Lipinski definition) is 1. The summed E-state index contributed by atoms with van der Waals surface area (Å²) in [6.45, 7) is 6.86. The minimum Gasteiger partial charge on any atom is -0.497 e. The Morgan fingerprint density at radius 3 is 2.40 bits per heavy atom. The summed E-state index contributed by atoms with van der Waals surface area (Å²) in [6, 6.07) is 3.53. The van der Waals surface area contributed by atoms with Crippen LogP contribution in [0.1, 0.15) is 115 Å². The Labute approximate surface area is 255 Å². The van der Waals surface area contributed by atoms with Gasteiger partial charge in [-0.2, -0.15) is 0 Å². The van der Waals surface area contributed by atoms with Crippen LogP contribution in [0, 0.1) is 6.92 Å². The van der Waals surface area contributed by atoms with Crippen molar-refractivity contribution in [1.82, 2.24) is 0 Å². The van der Waals surface area contributed by atoms with Gasteiger partial charge in [-0.1, -0.05) is 70.0 Å². The highest BCUT2D eigenvalue weighted by atomic mass is 35.5. The van der Waals surface area contributed by atoms with Crippen molar-refractivity contribution in [2.45, 2.75) is 91.6 Å². The molecule has 0 bridgehead atoms. The molecule has 7 nitrogen and oxygen atoms in total. The van der Waals surface area contributed by atoms with Crippen LogP contribution in [0.5, 0.6) is 11.5 Å². The first kappa shape index (κ1) is 33.3. The first-order chi connectivity index (χ1) is 20.3. The first-order valence-corrected chi connectivity index (χ1v) is 15.5. The maximum Gasteiger partial charge on any atom is 0.341 e. The van der Waals surface area contributed by atoms with Crippen LogP contribution >= 0.6 is 11.6 Å². The largest absolute Gasteiger partial charge is 0.497 e. The SMILES string of the molecule is CCCCCCOC(=O)c1c(Cl)cc(OC)cc1C(=CCc1c(NC)c2c(c(C)c1OC)COC2=O)CCCCCC. The minimum atomic E-state index is -0.432. The van der Waals surface area contributed by atoms with E-state index in [1.807, 2.05) is 13.0 Å². The molecule has 0 fully saturated rings. The lowest BCUT2D eigenvalue weighted by molar-refractivity contribution is 0.0495. The van der Waals surface area contributed by atoms with E-state index in [9.17, 15) is 9.59 Å². The zero-order valence-electron chi connectivity index (χ0n) is 26.0. The highest BCUT2D eigenvalue weighted by Crippen LogP contribution is 2.42. The van der Waals surface area contributed by atoms with Crippen LogP contribution in [0.3, 0.4) is 0 Å². The van der Waals surface area contributed by atoms with E-state index < -0.39 is 5.97 Å². The highest BCUT2D eigenvalue weighted by molar-refractivity contribution is 6.34. The average molecular weight is 600 g/mol. The summed E-state index contributed by atoms with van der Waals surface area (Å²) in [6.07, 6.45) is 11.6. The van der Waals surface area contributed by atoms with Crippen molar-refractivity contribution in [3.8, 4) is 11.5 Å². The van der Waals surface area contributed by atoms with Gasteiger partial charge in [0.05, 0.1) is 42.7 Å². The molecule has 1 aliphatic rings. The van der Waals surface area contributed by atoms with E-state index in [0.29, 0.717) is 51.9 Å². The summed E-state index contributed by atoms with van der Waals surface area (Å²) in [5, 5.41) is 3.52. The first-order valence-electron chi connectivity index (χ1n) is 15.1. The number of allylic oxidation sites excluding steroid dienone is 2. The third-order valence-electron chi connectivity index (χ3n) is 7.86. The van der Waals surface area contributed by atoms with Gasteiger partial charge in [-0.25, -0.2) is 9.59 Å². The molecule has 0 saturated carbocycles. The molecular weight excluding hydrogens is 554 g/mol. The zero-order valence-corrected chi connectivity index (χ0v) is 26.8. The molecule has 1 N–H and O–H groups in total. The van der Waals surface area contributed by atoms with Gasteiger partial charge >= 0.3 is 11.9 Å². The van der Waals surface area contributed by atoms with Crippen LogP contribution in [-0.4, -0.2) is 39.8 Å². The number of rotatable bonds is 17. The molecule has 0 spiro atoms. The van der Waals surface area contributed by atoms with E-state index in [1.165, 1.54) is 0 Å². The summed E-state index contributed by atoms with van der Waals surface area (Å²) in [4.78, 5) is 26.1. The van der Waals surface area contributed by atoms with E-state index in [4.69, 9.17) is 30.5 Å². The van der Waals surface area contributed by atoms with E-state index in [0.717, 1.165) is 80.1 Å². The number of halogens is 1. The van der Waals surface area contributed by atoms with E-state index in [-0.39, 0.29) is 12.6 Å². The van der Waals surface area contributed by atoms with Crippen molar-refractivity contribution in [1.29, 1.82) is 0 Å². The van der Waals surface area contributed by atoms with Gasteiger partial charge in [0.2, 0.25) is 0 Å². The molecule has 0 atom stereocenters. The molecule has 0 aliphatic carbocycles. The lowest BCUT2D eigenvalue weighted by atomic mass is 9.90. The quantitative estimate of drug-likeness (QED) is 0.144. The summed E-state index contributed by atoms with van der Waals surface area (Å²) >= 11 is 6.72. The number of ether oxygens (including phenoxy) is 4. The molecule has 2 aromatic rings. The number of benzene rings is 2. The number of esters is 2. The molecule has 42 heavy (non-hydrogen) atoms. The lowest BCUT2D eigenvalue weighted by Gasteiger charge is -2.20. The van der Waals surface area contributed by atoms with Gasteiger partial charge in [0.25, 0.3) is 0 Å². The van der Waals surface area contributed by atoms with Gasteiger partial charge in [0.1, 0.15) is 18.1 Å². The second-order valence-corrected chi connectivity index (χ2v) is 11.1. The van der Waals surface area contributed by atoms with Crippen molar-refractivity contribution in [3.63, 3.8) is 0 Å². The van der Waals surface area contributed by atoms with Crippen LogP contribution < -0.4 is 14.8 Å². The Kier molecular flexibility index (Phi) is 13.0. The molecule has 2 aromatic carbocycles. The van der Waals surface area contributed by atoms with Gasteiger partial charge in [0, 0.05) is 18.2 Å². The fraction of sp³-hybridized carbons (Fsp3) is 0.529. The maximum absolute atomic E-state index is 13.4. The molecule has 0 aromatic heterocycles. The van der Waals surface area contributed by atoms with Crippen molar-refractivity contribution in [2.75, 3.05) is 33.2 Å². The molecule has 1 aliphatic heterocycles. The number of carbonyl (C=O) groups is 2. The standard InChI is InChI=1S/C34H46ClNO6/c1-7-9-11-13-15-23(16-17-25-31(36-4)30-27(21-42-34(30)38)22(3)32(25)40-6)26-19-24(39-5)20-28(35)29(26)33(37)41-18-14-12-10-8-2/h16,19-20,36H,7-15,17-18,21H2,1-6H3. The summed E-state index contributed by atoms with van der Waals surface area (Å²) in [5.41, 5.74) is 5.87. The molecule has 3 rings (SSSR count). The second kappa shape index (κ2) is 16.4. The number of hydrogen-bond acceptors (Lipinski definition) is 7. The van der Waals surface area contributed by atoms with Gasteiger partial charge in [-0.05, 0) is 61.4 Å². The fourth-order valence-electron chi connectivity index (χ4n) is 5.57. The maximum atomic E-state index is 13.4. The molecule has 8 heteroatoms. The van der Waals surface area contributed by atoms with Crippen molar-refractivity contribution >= 4 is 34.8 Å². The minimum absolute atomic E-state index is 0.232. The molecule has 0 unspecified atom stereocenters. The van der Waals surface area contributed by atoms with Gasteiger partial charge in [0.15, 0.2) is 0 Å².